The summed E-state index contributed by atoms with van der Waals surface area (Å²) in [6.07, 6.45) is 4.65. The Morgan fingerprint density at radius 3 is 2.75 bits per heavy atom. The van der Waals surface area contributed by atoms with E-state index in [0.29, 0.717) is 5.41 Å². The number of thiophene rings is 1. The molecule has 1 aromatic rings. The Labute approximate surface area is 151 Å². The quantitative estimate of drug-likeness (QED) is 0.804. The highest BCUT2D eigenvalue weighted by atomic mass is 32.1. The van der Waals surface area contributed by atoms with Gasteiger partial charge < -0.3 is 9.80 Å². The summed E-state index contributed by atoms with van der Waals surface area (Å²) in [5, 5.41) is 0. The van der Waals surface area contributed by atoms with Crippen LogP contribution in [0.4, 0.5) is 0 Å². The van der Waals surface area contributed by atoms with Crippen molar-refractivity contribution in [3.63, 3.8) is 0 Å². The third-order valence-electron chi connectivity index (χ3n) is 5.84. The summed E-state index contributed by atoms with van der Waals surface area (Å²) in [4.78, 5) is 19.9. The maximum atomic E-state index is 13.0. The first-order chi connectivity index (χ1) is 11.4. The normalized spacial score (nSPS) is 23.0. The first-order valence-corrected chi connectivity index (χ1v) is 10.3. The number of rotatable bonds is 2. The number of hydrogen-bond acceptors (Lipinski definition) is 3. The number of carbonyl (C=O) groups is 1. The fourth-order valence-corrected chi connectivity index (χ4v) is 5.19. The van der Waals surface area contributed by atoms with Crippen molar-refractivity contribution in [3.05, 3.63) is 21.4 Å². The SMILES string of the molecule is CCN1CCCN(C(=O)c2cc3c(s2)CCC(C(C)(C)C)C3)CC1. The second-order valence-corrected chi connectivity index (χ2v) is 9.58. The summed E-state index contributed by atoms with van der Waals surface area (Å²) in [6.45, 7) is 14.2. The first kappa shape index (κ1) is 17.9. The number of hydrogen-bond donors (Lipinski definition) is 0. The van der Waals surface area contributed by atoms with Crippen LogP contribution in [0.25, 0.3) is 0 Å². The molecule has 4 heteroatoms. The zero-order valence-electron chi connectivity index (χ0n) is 15.7. The molecule has 2 aliphatic rings. The average Bonchev–Trinajstić information content (AvgIpc) is 2.82. The number of likely N-dealkylation sites (N-methyl/N-ethyl adjacent to an activating group) is 1. The van der Waals surface area contributed by atoms with Crippen LogP contribution in [0.2, 0.25) is 0 Å². The molecule has 3 rings (SSSR count). The Kier molecular flexibility index (Phi) is 5.36. The molecular formula is C20H32N2OS. The molecule has 0 aromatic carbocycles. The van der Waals surface area contributed by atoms with Crippen LogP contribution in [0.5, 0.6) is 0 Å². The average molecular weight is 349 g/mol. The maximum absolute atomic E-state index is 13.0. The molecule has 3 nitrogen and oxygen atoms in total. The minimum atomic E-state index is 0.264. The summed E-state index contributed by atoms with van der Waals surface area (Å²) in [7, 11) is 0. The minimum Gasteiger partial charge on any atom is -0.337 e. The van der Waals surface area contributed by atoms with Gasteiger partial charge in [-0.1, -0.05) is 27.7 Å². The number of carbonyl (C=O) groups excluding carboxylic acids is 1. The van der Waals surface area contributed by atoms with Crippen molar-refractivity contribution < 1.29 is 4.79 Å². The summed E-state index contributed by atoms with van der Waals surface area (Å²) in [5.74, 6) is 0.999. The molecule has 1 fully saturated rings. The Morgan fingerprint density at radius 2 is 2.04 bits per heavy atom. The van der Waals surface area contributed by atoms with E-state index in [0.717, 1.165) is 62.8 Å². The van der Waals surface area contributed by atoms with E-state index in [1.165, 1.54) is 16.9 Å². The molecule has 134 valence electrons. The number of amides is 1. The lowest BCUT2D eigenvalue weighted by Gasteiger charge is -2.33. The van der Waals surface area contributed by atoms with Crippen LogP contribution in [0.1, 0.15) is 60.6 Å². The van der Waals surface area contributed by atoms with E-state index in [-0.39, 0.29) is 5.91 Å². The molecule has 1 aliphatic heterocycles. The van der Waals surface area contributed by atoms with E-state index in [2.05, 4.69) is 43.6 Å². The first-order valence-electron chi connectivity index (χ1n) is 9.51. The van der Waals surface area contributed by atoms with Gasteiger partial charge in [0.2, 0.25) is 0 Å². The van der Waals surface area contributed by atoms with Gasteiger partial charge in [-0.05, 0) is 61.7 Å². The van der Waals surface area contributed by atoms with E-state index in [9.17, 15) is 4.79 Å². The highest BCUT2D eigenvalue weighted by molar-refractivity contribution is 7.14. The fourth-order valence-electron chi connectivity index (χ4n) is 4.01. The molecule has 1 aliphatic carbocycles. The van der Waals surface area contributed by atoms with Crippen LogP contribution < -0.4 is 0 Å². The van der Waals surface area contributed by atoms with Crippen molar-refractivity contribution in [3.8, 4) is 0 Å². The van der Waals surface area contributed by atoms with E-state index in [1.807, 2.05) is 0 Å². The number of aryl methyl sites for hydroxylation is 1. The Morgan fingerprint density at radius 1 is 1.25 bits per heavy atom. The molecule has 1 saturated heterocycles. The van der Waals surface area contributed by atoms with Crippen molar-refractivity contribution in [1.29, 1.82) is 0 Å². The molecule has 0 radical (unpaired) electrons. The molecule has 1 atom stereocenters. The smallest absolute Gasteiger partial charge is 0.263 e. The third kappa shape index (κ3) is 3.85. The Bertz CT molecular complexity index is 587. The summed E-state index contributed by atoms with van der Waals surface area (Å²) >= 11 is 1.76. The Hall–Kier alpha value is -0.870. The van der Waals surface area contributed by atoms with Crippen LogP contribution >= 0.6 is 11.3 Å². The lowest BCUT2D eigenvalue weighted by atomic mass is 9.72. The van der Waals surface area contributed by atoms with Crippen molar-refractivity contribution >= 4 is 17.2 Å². The second-order valence-electron chi connectivity index (χ2n) is 8.44. The predicted octanol–water partition coefficient (Wildman–Crippen LogP) is 4.07. The van der Waals surface area contributed by atoms with Gasteiger partial charge in [0.1, 0.15) is 0 Å². The summed E-state index contributed by atoms with van der Waals surface area (Å²) in [5.41, 5.74) is 1.80. The Balaban J connectivity index is 1.70. The van der Waals surface area contributed by atoms with Gasteiger partial charge in [0.05, 0.1) is 4.88 Å². The topological polar surface area (TPSA) is 23.6 Å². The van der Waals surface area contributed by atoms with Gasteiger partial charge in [-0.3, -0.25) is 4.79 Å². The fraction of sp³-hybridized carbons (Fsp3) is 0.750. The van der Waals surface area contributed by atoms with Crippen molar-refractivity contribution in [2.75, 3.05) is 32.7 Å². The second kappa shape index (κ2) is 7.17. The van der Waals surface area contributed by atoms with Gasteiger partial charge in [0.25, 0.3) is 5.91 Å². The van der Waals surface area contributed by atoms with Gasteiger partial charge in [-0.2, -0.15) is 0 Å². The van der Waals surface area contributed by atoms with E-state index in [1.54, 1.807) is 11.3 Å². The molecule has 24 heavy (non-hydrogen) atoms. The van der Waals surface area contributed by atoms with Crippen molar-refractivity contribution in [2.24, 2.45) is 11.3 Å². The lowest BCUT2D eigenvalue weighted by Crippen LogP contribution is -2.34. The largest absolute Gasteiger partial charge is 0.337 e. The van der Waals surface area contributed by atoms with Crippen LogP contribution in [-0.2, 0) is 12.8 Å². The highest BCUT2D eigenvalue weighted by Crippen LogP contribution is 2.40. The zero-order valence-corrected chi connectivity index (χ0v) is 16.5. The van der Waals surface area contributed by atoms with Crippen LogP contribution in [0, 0.1) is 11.3 Å². The molecule has 0 saturated carbocycles. The van der Waals surface area contributed by atoms with Crippen LogP contribution in [0.3, 0.4) is 0 Å². The maximum Gasteiger partial charge on any atom is 0.263 e. The van der Waals surface area contributed by atoms with Gasteiger partial charge in [0.15, 0.2) is 0 Å². The molecule has 1 aromatic heterocycles. The van der Waals surface area contributed by atoms with Crippen LogP contribution in [0.15, 0.2) is 6.07 Å². The standard InChI is InChI=1S/C20H32N2OS/c1-5-21-9-6-10-22(12-11-21)19(23)18-14-15-13-16(20(2,3)4)7-8-17(15)24-18/h14,16H,5-13H2,1-4H3. The number of nitrogens with zero attached hydrogens (tertiary/aromatic N) is 2. The number of fused-ring (bicyclic) bond motifs is 1. The molecule has 0 spiro atoms. The van der Waals surface area contributed by atoms with E-state index in [4.69, 9.17) is 0 Å². The van der Waals surface area contributed by atoms with Gasteiger partial charge in [0, 0.05) is 24.5 Å². The third-order valence-corrected chi connectivity index (χ3v) is 7.07. The molecule has 0 bridgehead atoms. The highest BCUT2D eigenvalue weighted by Gasteiger charge is 2.31. The molecule has 2 heterocycles. The molecule has 1 amide bonds. The monoisotopic (exact) mass is 348 g/mol. The predicted molar refractivity (Wildman–Crippen MR) is 102 cm³/mol. The minimum absolute atomic E-state index is 0.264. The van der Waals surface area contributed by atoms with E-state index < -0.39 is 0 Å². The summed E-state index contributed by atoms with van der Waals surface area (Å²) < 4.78 is 0. The van der Waals surface area contributed by atoms with Crippen molar-refractivity contribution in [2.45, 2.75) is 53.4 Å². The van der Waals surface area contributed by atoms with Crippen LogP contribution in [-0.4, -0.2) is 48.4 Å². The lowest BCUT2D eigenvalue weighted by molar-refractivity contribution is 0.0766. The van der Waals surface area contributed by atoms with E-state index >= 15 is 0 Å². The summed E-state index contributed by atoms with van der Waals surface area (Å²) in [6, 6.07) is 2.21. The van der Waals surface area contributed by atoms with Gasteiger partial charge >= 0.3 is 0 Å². The molecule has 1 unspecified atom stereocenters. The zero-order chi connectivity index (χ0) is 17.3. The van der Waals surface area contributed by atoms with Gasteiger partial charge in [-0.25, -0.2) is 0 Å². The van der Waals surface area contributed by atoms with Crippen molar-refractivity contribution in [1.82, 2.24) is 9.80 Å². The molecule has 0 N–H and O–H groups in total. The molecular weight excluding hydrogens is 316 g/mol. The van der Waals surface area contributed by atoms with Gasteiger partial charge in [-0.15, -0.1) is 11.3 Å².